The zero-order valence-corrected chi connectivity index (χ0v) is 9.66. The number of nitrogens with zero attached hydrogens (tertiary/aromatic N) is 1. The van der Waals surface area contributed by atoms with Gasteiger partial charge in [0.15, 0.2) is 5.78 Å². The molecule has 1 rings (SSSR count). The summed E-state index contributed by atoms with van der Waals surface area (Å²) >= 11 is 0. The average molecular weight is 207 g/mol. The maximum Gasteiger partial charge on any atom is 0.168 e. The summed E-state index contributed by atoms with van der Waals surface area (Å²) in [5, 5.41) is 0. The smallest absolute Gasteiger partial charge is 0.168 e. The molecule has 0 amide bonds. The van der Waals surface area contributed by atoms with E-state index in [9.17, 15) is 4.79 Å². The van der Waals surface area contributed by atoms with Crippen molar-refractivity contribution in [3.05, 3.63) is 29.8 Å². The first-order valence-electron chi connectivity index (χ1n) is 5.08. The minimum atomic E-state index is 0.183. The summed E-state index contributed by atoms with van der Waals surface area (Å²) in [4.78, 5) is 11.8. The average Bonchev–Trinajstić information content (AvgIpc) is 2.14. The summed E-state index contributed by atoms with van der Waals surface area (Å²) in [5.41, 5.74) is 7.00. The van der Waals surface area contributed by atoms with Gasteiger partial charge in [-0.3, -0.25) is 4.79 Å². The Morgan fingerprint density at radius 2 is 1.73 bits per heavy atom. The Morgan fingerprint density at radius 1 is 1.20 bits per heavy atom. The molecule has 0 aliphatic rings. The predicted molar refractivity (Wildman–Crippen MR) is 62.7 cm³/mol. The van der Waals surface area contributed by atoms with Crippen LogP contribution in [0.4, 0.5) is 5.69 Å². The molecule has 0 aromatic heterocycles. The van der Waals surface area contributed by atoms with E-state index in [-0.39, 0.29) is 5.78 Å². The third-order valence-electron chi connectivity index (χ3n) is 2.24. The largest absolute Gasteiger partial charge is 0.399 e. The van der Waals surface area contributed by atoms with E-state index in [1.807, 2.05) is 0 Å². The van der Waals surface area contributed by atoms with Crippen molar-refractivity contribution in [3.63, 3.8) is 0 Å². The molecule has 0 heterocycles. The number of quaternary nitrogens is 1. The van der Waals surface area contributed by atoms with Gasteiger partial charge in [-0.2, -0.15) is 0 Å². The highest BCUT2D eigenvalue weighted by atomic mass is 16.1. The Kier molecular flexibility index (Phi) is 3.48. The SMILES string of the molecule is C[N+](C)(C)CCC(=O)c1ccc(N)cc1. The third kappa shape index (κ3) is 4.13. The number of carbonyl (C=O) groups is 1. The molecule has 0 aliphatic carbocycles. The van der Waals surface area contributed by atoms with E-state index in [0.29, 0.717) is 12.1 Å². The Labute approximate surface area is 91.1 Å². The van der Waals surface area contributed by atoms with E-state index in [4.69, 9.17) is 5.73 Å². The van der Waals surface area contributed by atoms with Crippen molar-refractivity contribution < 1.29 is 9.28 Å². The minimum absolute atomic E-state index is 0.183. The highest BCUT2D eigenvalue weighted by Crippen LogP contribution is 2.08. The maximum atomic E-state index is 11.8. The number of hydrogen-bond donors (Lipinski definition) is 1. The number of carbonyl (C=O) groups excluding carboxylic acids is 1. The molecule has 3 nitrogen and oxygen atoms in total. The predicted octanol–water partition coefficient (Wildman–Crippen LogP) is 1.55. The van der Waals surface area contributed by atoms with E-state index in [1.54, 1.807) is 24.3 Å². The molecule has 1 aromatic carbocycles. The molecule has 0 saturated heterocycles. The standard InChI is InChI=1S/C12H18N2O/c1-14(2,3)9-8-12(15)10-4-6-11(13)7-5-10/h4-7H,8-9H2,1-3H3,(H-,13,15)/p+1. The summed E-state index contributed by atoms with van der Waals surface area (Å²) in [5.74, 6) is 0.183. The molecule has 0 atom stereocenters. The fraction of sp³-hybridized carbons (Fsp3) is 0.417. The van der Waals surface area contributed by atoms with E-state index >= 15 is 0 Å². The first-order valence-corrected chi connectivity index (χ1v) is 5.08. The molecular weight excluding hydrogens is 188 g/mol. The van der Waals surface area contributed by atoms with Gasteiger partial charge in [0, 0.05) is 11.3 Å². The molecular formula is C12H19N2O+. The number of anilines is 1. The van der Waals surface area contributed by atoms with Crippen LogP contribution in [-0.2, 0) is 0 Å². The van der Waals surface area contributed by atoms with Gasteiger partial charge >= 0.3 is 0 Å². The first kappa shape index (κ1) is 11.7. The van der Waals surface area contributed by atoms with E-state index in [2.05, 4.69) is 21.1 Å². The van der Waals surface area contributed by atoms with Crippen molar-refractivity contribution >= 4 is 11.5 Å². The van der Waals surface area contributed by atoms with Crippen LogP contribution in [0.2, 0.25) is 0 Å². The number of Topliss-reactive ketones (excluding diaryl/α,β-unsaturated/α-hetero) is 1. The summed E-state index contributed by atoms with van der Waals surface area (Å²) in [7, 11) is 6.24. The van der Waals surface area contributed by atoms with Gasteiger partial charge in [-0.25, -0.2) is 0 Å². The van der Waals surface area contributed by atoms with Crippen LogP contribution < -0.4 is 5.73 Å². The molecule has 1 aromatic rings. The lowest BCUT2D eigenvalue weighted by molar-refractivity contribution is -0.869. The number of rotatable bonds is 4. The fourth-order valence-corrected chi connectivity index (χ4v) is 1.25. The normalized spacial score (nSPS) is 11.4. The molecule has 0 bridgehead atoms. The Morgan fingerprint density at radius 3 is 2.20 bits per heavy atom. The van der Waals surface area contributed by atoms with E-state index in [0.717, 1.165) is 16.6 Å². The van der Waals surface area contributed by atoms with Crippen LogP contribution in [-0.4, -0.2) is 38.0 Å². The number of ketones is 1. The van der Waals surface area contributed by atoms with Gasteiger partial charge in [0.2, 0.25) is 0 Å². The van der Waals surface area contributed by atoms with Crippen LogP contribution in [0, 0.1) is 0 Å². The number of hydrogen-bond acceptors (Lipinski definition) is 2. The van der Waals surface area contributed by atoms with Gasteiger partial charge in [-0.05, 0) is 24.3 Å². The quantitative estimate of drug-likeness (QED) is 0.462. The fourth-order valence-electron chi connectivity index (χ4n) is 1.25. The van der Waals surface area contributed by atoms with Crippen molar-refractivity contribution in [1.82, 2.24) is 0 Å². The van der Waals surface area contributed by atoms with E-state index < -0.39 is 0 Å². The number of benzene rings is 1. The second-order valence-corrected chi connectivity index (χ2v) is 4.81. The molecule has 0 radical (unpaired) electrons. The Balaban J connectivity index is 2.58. The van der Waals surface area contributed by atoms with Crippen LogP contribution in [0.1, 0.15) is 16.8 Å². The monoisotopic (exact) mass is 207 g/mol. The zero-order valence-electron chi connectivity index (χ0n) is 9.66. The van der Waals surface area contributed by atoms with Crippen LogP contribution in [0.3, 0.4) is 0 Å². The summed E-state index contributed by atoms with van der Waals surface area (Å²) in [6, 6.07) is 7.10. The maximum absolute atomic E-state index is 11.8. The van der Waals surface area contributed by atoms with Gasteiger partial charge in [0.1, 0.15) is 0 Å². The Hall–Kier alpha value is -1.35. The zero-order chi connectivity index (χ0) is 11.5. The van der Waals surface area contributed by atoms with Crippen LogP contribution >= 0.6 is 0 Å². The van der Waals surface area contributed by atoms with Crippen LogP contribution in [0.25, 0.3) is 0 Å². The molecule has 82 valence electrons. The van der Waals surface area contributed by atoms with Gasteiger partial charge < -0.3 is 10.2 Å². The van der Waals surface area contributed by atoms with Gasteiger partial charge in [0.25, 0.3) is 0 Å². The minimum Gasteiger partial charge on any atom is -0.399 e. The van der Waals surface area contributed by atoms with Crippen LogP contribution in [0.5, 0.6) is 0 Å². The molecule has 0 unspecified atom stereocenters. The molecule has 0 spiro atoms. The van der Waals surface area contributed by atoms with Crippen molar-refractivity contribution in [2.75, 3.05) is 33.4 Å². The van der Waals surface area contributed by atoms with Gasteiger partial charge in [0.05, 0.1) is 34.1 Å². The van der Waals surface area contributed by atoms with Gasteiger partial charge in [-0.1, -0.05) is 0 Å². The van der Waals surface area contributed by atoms with E-state index in [1.165, 1.54) is 0 Å². The number of nitrogens with two attached hydrogens (primary N) is 1. The highest BCUT2D eigenvalue weighted by Gasteiger charge is 2.12. The number of nitrogen functional groups attached to an aromatic ring is 1. The lowest BCUT2D eigenvalue weighted by Gasteiger charge is -2.23. The van der Waals surface area contributed by atoms with Crippen molar-refractivity contribution in [2.24, 2.45) is 0 Å². The first-order chi connectivity index (χ1) is 6.88. The lowest BCUT2D eigenvalue weighted by Crippen LogP contribution is -2.36. The lowest BCUT2D eigenvalue weighted by atomic mass is 10.1. The molecule has 15 heavy (non-hydrogen) atoms. The molecule has 3 heteroatoms. The summed E-state index contributed by atoms with van der Waals surface area (Å²) in [6.45, 7) is 0.850. The molecule has 0 saturated carbocycles. The molecule has 0 aliphatic heterocycles. The van der Waals surface area contributed by atoms with Crippen molar-refractivity contribution in [3.8, 4) is 0 Å². The van der Waals surface area contributed by atoms with Crippen molar-refractivity contribution in [2.45, 2.75) is 6.42 Å². The van der Waals surface area contributed by atoms with Crippen LogP contribution in [0.15, 0.2) is 24.3 Å². The second kappa shape index (κ2) is 4.45. The molecule has 0 fully saturated rings. The Bertz CT molecular complexity index is 336. The second-order valence-electron chi connectivity index (χ2n) is 4.81. The third-order valence-corrected chi connectivity index (χ3v) is 2.24. The van der Waals surface area contributed by atoms with Crippen molar-refractivity contribution in [1.29, 1.82) is 0 Å². The van der Waals surface area contributed by atoms with Gasteiger partial charge in [-0.15, -0.1) is 0 Å². The summed E-state index contributed by atoms with van der Waals surface area (Å²) < 4.78 is 0.806. The topological polar surface area (TPSA) is 43.1 Å². The summed E-state index contributed by atoms with van der Waals surface area (Å²) in [6.07, 6.45) is 0.577. The molecule has 2 N–H and O–H groups in total. The highest BCUT2D eigenvalue weighted by molar-refractivity contribution is 5.96.